The van der Waals surface area contributed by atoms with Crippen LogP contribution in [-0.4, -0.2) is 40.0 Å². The fourth-order valence-corrected chi connectivity index (χ4v) is 2.41. The SMILES string of the molecule is O=C1CCN(c2nc3ccccn3c2CO)CCN1. The molecule has 0 saturated carbocycles. The van der Waals surface area contributed by atoms with E-state index in [2.05, 4.69) is 15.2 Å². The summed E-state index contributed by atoms with van der Waals surface area (Å²) in [7, 11) is 0. The molecule has 100 valence electrons. The van der Waals surface area contributed by atoms with Crippen LogP contribution in [0.1, 0.15) is 12.1 Å². The number of rotatable bonds is 2. The van der Waals surface area contributed by atoms with E-state index in [0.717, 1.165) is 17.2 Å². The Morgan fingerprint density at radius 3 is 3.11 bits per heavy atom. The second-order valence-corrected chi connectivity index (χ2v) is 4.56. The number of aliphatic hydroxyl groups excluding tert-OH is 1. The van der Waals surface area contributed by atoms with Gasteiger partial charge < -0.3 is 15.3 Å². The Morgan fingerprint density at radius 2 is 2.26 bits per heavy atom. The molecule has 6 heteroatoms. The van der Waals surface area contributed by atoms with E-state index in [4.69, 9.17) is 0 Å². The van der Waals surface area contributed by atoms with Crippen molar-refractivity contribution in [2.75, 3.05) is 24.5 Å². The summed E-state index contributed by atoms with van der Waals surface area (Å²) in [6.45, 7) is 1.88. The lowest BCUT2D eigenvalue weighted by Gasteiger charge is -2.20. The molecule has 19 heavy (non-hydrogen) atoms. The number of imidazole rings is 1. The molecule has 2 N–H and O–H groups in total. The van der Waals surface area contributed by atoms with Gasteiger partial charge in [-0.2, -0.15) is 0 Å². The number of hydrogen-bond acceptors (Lipinski definition) is 4. The first kappa shape index (κ1) is 12.0. The molecule has 3 rings (SSSR count). The van der Waals surface area contributed by atoms with Gasteiger partial charge in [0.2, 0.25) is 5.91 Å². The summed E-state index contributed by atoms with van der Waals surface area (Å²) in [6.07, 6.45) is 2.34. The van der Waals surface area contributed by atoms with Gasteiger partial charge in [0.1, 0.15) is 5.65 Å². The van der Waals surface area contributed by atoms with Crippen LogP contribution in [0, 0.1) is 0 Å². The van der Waals surface area contributed by atoms with Gasteiger partial charge in [-0.15, -0.1) is 0 Å². The fraction of sp³-hybridized carbons (Fsp3) is 0.385. The van der Waals surface area contributed by atoms with Crippen molar-refractivity contribution in [3.8, 4) is 0 Å². The Kier molecular flexibility index (Phi) is 3.08. The number of anilines is 1. The highest BCUT2D eigenvalue weighted by atomic mass is 16.3. The lowest BCUT2D eigenvalue weighted by molar-refractivity contribution is -0.120. The number of aromatic nitrogens is 2. The Bertz CT molecular complexity index is 608. The molecular weight excluding hydrogens is 244 g/mol. The smallest absolute Gasteiger partial charge is 0.221 e. The first-order chi connectivity index (χ1) is 9.29. The number of nitrogens with one attached hydrogen (secondary N) is 1. The van der Waals surface area contributed by atoms with Crippen LogP contribution in [0.2, 0.25) is 0 Å². The summed E-state index contributed by atoms with van der Waals surface area (Å²) < 4.78 is 1.88. The molecule has 1 amide bonds. The van der Waals surface area contributed by atoms with Crippen LogP contribution in [0.5, 0.6) is 0 Å². The van der Waals surface area contributed by atoms with Gasteiger partial charge in [-0.1, -0.05) is 6.07 Å². The van der Waals surface area contributed by atoms with E-state index in [1.807, 2.05) is 28.8 Å². The first-order valence-electron chi connectivity index (χ1n) is 6.38. The van der Waals surface area contributed by atoms with Crippen LogP contribution >= 0.6 is 0 Å². The highest BCUT2D eigenvalue weighted by molar-refractivity contribution is 5.77. The predicted molar refractivity (Wildman–Crippen MR) is 71.0 cm³/mol. The largest absolute Gasteiger partial charge is 0.390 e. The normalized spacial score (nSPS) is 16.5. The van der Waals surface area contributed by atoms with Crippen molar-refractivity contribution in [1.82, 2.24) is 14.7 Å². The molecule has 0 aromatic carbocycles. The predicted octanol–water partition coefficient (Wildman–Crippen LogP) is 0.153. The minimum atomic E-state index is -0.0710. The van der Waals surface area contributed by atoms with Crippen molar-refractivity contribution >= 4 is 17.4 Å². The third-order valence-corrected chi connectivity index (χ3v) is 3.37. The monoisotopic (exact) mass is 260 g/mol. The van der Waals surface area contributed by atoms with E-state index in [-0.39, 0.29) is 12.5 Å². The molecule has 1 saturated heterocycles. The summed E-state index contributed by atoms with van der Waals surface area (Å²) in [5.74, 6) is 0.835. The molecule has 1 fully saturated rings. The van der Waals surface area contributed by atoms with Crippen LogP contribution in [0.15, 0.2) is 24.4 Å². The summed E-state index contributed by atoms with van der Waals surface area (Å²) >= 11 is 0. The minimum Gasteiger partial charge on any atom is -0.390 e. The molecule has 0 unspecified atom stereocenters. The molecule has 0 bridgehead atoms. The molecule has 0 aliphatic carbocycles. The van der Waals surface area contributed by atoms with E-state index < -0.39 is 0 Å². The van der Waals surface area contributed by atoms with E-state index in [0.29, 0.717) is 26.1 Å². The van der Waals surface area contributed by atoms with E-state index in [1.165, 1.54) is 0 Å². The van der Waals surface area contributed by atoms with Gasteiger partial charge in [-0.05, 0) is 12.1 Å². The zero-order valence-electron chi connectivity index (χ0n) is 10.5. The van der Waals surface area contributed by atoms with Crippen LogP contribution in [0.3, 0.4) is 0 Å². The van der Waals surface area contributed by atoms with Gasteiger partial charge in [0.15, 0.2) is 5.82 Å². The van der Waals surface area contributed by atoms with Gasteiger partial charge in [0.25, 0.3) is 0 Å². The maximum Gasteiger partial charge on any atom is 0.221 e. The quantitative estimate of drug-likeness (QED) is 0.806. The zero-order chi connectivity index (χ0) is 13.2. The van der Waals surface area contributed by atoms with Crippen molar-refractivity contribution in [3.63, 3.8) is 0 Å². The molecule has 6 nitrogen and oxygen atoms in total. The molecule has 2 aromatic heterocycles. The van der Waals surface area contributed by atoms with Crippen molar-refractivity contribution in [2.24, 2.45) is 0 Å². The summed E-state index contributed by atoms with van der Waals surface area (Å²) in [5, 5.41) is 12.4. The highest BCUT2D eigenvalue weighted by Crippen LogP contribution is 2.22. The Hall–Kier alpha value is -2.08. The Balaban J connectivity index is 2.01. The molecule has 3 heterocycles. The Labute approximate surface area is 110 Å². The van der Waals surface area contributed by atoms with Gasteiger partial charge in [0.05, 0.1) is 12.3 Å². The van der Waals surface area contributed by atoms with Gasteiger partial charge >= 0.3 is 0 Å². The maximum absolute atomic E-state index is 11.4. The Morgan fingerprint density at radius 1 is 1.37 bits per heavy atom. The maximum atomic E-state index is 11.4. The fourth-order valence-electron chi connectivity index (χ4n) is 2.41. The lowest BCUT2D eigenvalue weighted by Crippen LogP contribution is -2.29. The molecule has 1 aliphatic heterocycles. The van der Waals surface area contributed by atoms with Crippen molar-refractivity contribution in [2.45, 2.75) is 13.0 Å². The van der Waals surface area contributed by atoms with Crippen LogP contribution < -0.4 is 10.2 Å². The number of aliphatic hydroxyl groups is 1. The number of carbonyl (C=O) groups excluding carboxylic acids is 1. The molecule has 0 spiro atoms. The first-order valence-corrected chi connectivity index (χ1v) is 6.38. The average molecular weight is 260 g/mol. The molecular formula is C13H16N4O2. The second kappa shape index (κ2) is 4.89. The lowest BCUT2D eigenvalue weighted by atomic mass is 10.3. The topological polar surface area (TPSA) is 69.9 Å². The van der Waals surface area contributed by atoms with E-state index in [1.54, 1.807) is 0 Å². The third-order valence-electron chi connectivity index (χ3n) is 3.37. The number of pyridine rings is 1. The summed E-state index contributed by atoms with van der Waals surface area (Å²) in [5.41, 5.74) is 1.58. The van der Waals surface area contributed by atoms with Crippen LogP contribution in [0.4, 0.5) is 5.82 Å². The van der Waals surface area contributed by atoms with Crippen molar-refractivity contribution < 1.29 is 9.90 Å². The standard InChI is InChI=1S/C13H16N4O2/c18-9-10-13(15-11-3-1-2-6-17(10)11)16-7-4-12(19)14-5-8-16/h1-3,6,18H,4-5,7-9H2,(H,14,19). The minimum absolute atomic E-state index is 0.0665. The van der Waals surface area contributed by atoms with E-state index in [9.17, 15) is 9.90 Å². The van der Waals surface area contributed by atoms with Gasteiger partial charge in [-0.3, -0.25) is 9.20 Å². The van der Waals surface area contributed by atoms with Crippen molar-refractivity contribution in [3.05, 3.63) is 30.1 Å². The molecule has 0 radical (unpaired) electrons. The molecule has 2 aromatic rings. The number of hydrogen-bond donors (Lipinski definition) is 2. The molecule has 0 atom stereocenters. The van der Waals surface area contributed by atoms with Crippen molar-refractivity contribution in [1.29, 1.82) is 0 Å². The number of carbonyl (C=O) groups is 1. The van der Waals surface area contributed by atoms with Crippen LogP contribution in [-0.2, 0) is 11.4 Å². The summed E-state index contributed by atoms with van der Waals surface area (Å²) in [4.78, 5) is 18.0. The number of fused-ring (bicyclic) bond motifs is 1. The second-order valence-electron chi connectivity index (χ2n) is 4.56. The van der Waals surface area contributed by atoms with Gasteiger partial charge in [-0.25, -0.2) is 4.98 Å². The average Bonchev–Trinajstić information content (AvgIpc) is 2.67. The third kappa shape index (κ3) is 2.15. The number of nitrogens with zero attached hydrogens (tertiary/aromatic N) is 3. The number of amides is 1. The summed E-state index contributed by atoms with van der Waals surface area (Å²) in [6, 6.07) is 5.73. The highest BCUT2D eigenvalue weighted by Gasteiger charge is 2.20. The van der Waals surface area contributed by atoms with E-state index >= 15 is 0 Å². The molecule has 1 aliphatic rings. The van der Waals surface area contributed by atoms with Gasteiger partial charge in [0, 0.05) is 32.3 Å². The van der Waals surface area contributed by atoms with Crippen LogP contribution in [0.25, 0.3) is 5.65 Å². The zero-order valence-corrected chi connectivity index (χ0v) is 10.5.